The zero-order valence-corrected chi connectivity index (χ0v) is 12.2. The summed E-state index contributed by atoms with van der Waals surface area (Å²) in [7, 11) is 0. The number of urea groups is 1. The van der Waals surface area contributed by atoms with Crippen LogP contribution in [-0.2, 0) is 11.2 Å². The third kappa shape index (κ3) is 2.58. The molecule has 2 aliphatic rings. The van der Waals surface area contributed by atoms with Gasteiger partial charge in [-0.1, -0.05) is 18.9 Å². The van der Waals surface area contributed by atoms with Gasteiger partial charge in [-0.2, -0.15) is 0 Å². The van der Waals surface area contributed by atoms with Gasteiger partial charge in [-0.05, 0) is 30.9 Å². The van der Waals surface area contributed by atoms with E-state index in [4.69, 9.17) is 0 Å². The zero-order chi connectivity index (χ0) is 15.7. The fourth-order valence-corrected chi connectivity index (χ4v) is 3.40. The average molecular weight is 308 g/mol. The molecule has 1 aromatic carbocycles. The molecule has 0 unspecified atom stereocenters. The van der Waals surface area contributed by atoms with Crippen LogP contribution in [0.5, 0.6) is 0 Å². The summed E-state index contributed by atoms with van der Waals surface area (Å²) in [5, 5.41) is 2.77. The first-order valence-electron chi connectivity index (χ1n) is 7.56. The van der Waals surface area contributed by atoms with Crippen molar-refractivity contribution in [3.05, 3.63) is 35.4 Å². The summed E-state index contributed by atoms with van der Waals surface area (Å²) in [5.41, 5.74) is -0.178. The van der Waals surface area contributed by atoms with Gasteiger partial charge >= 0.3 is 6.03 Å². The van der Waals surface area contributed by atoms with E-state index in [2.05, 4.69) is 5.32 Å². The van der Waals surface area contributed by atoms with Gasteiger partial charge < -0.3 is 5.32 Å². The molecule has 1 aliphatic carbocycles. The van der Waals surface area contributed by atoms with Gasteiger partial charge in [-0.15, -0.1) is 0 Å². The summed E-state index contributed by atoms with van der Waals surface area (Å²) >= 11 is 0. The van der Waals surface area contributed by atoms with E-state index in [-0.39, 0.29) is 18.9 Å². The number of nitrogens with one attached hydrogen (secondary N) is 1. The van der Waals surface area contributed by atoms with Gasteiger partial charge in [0, 0.05) is 19.2 Å². The van der Waals surface area contributed by atoms with E-state index >= 15 is 0 Å². The molecule has 4 nitrogen and oxygen atoms in total. The molecular weight excluding hydrogens is 290 g/mol. The Hall–Kier alpha value is -1.98. The summed E-state index contributed by atoms with van der Waals surface area (Å²) in [5.74, 6) is -1.45. The first kappa shape index (κ1) is 14.9. The van der Waals surface area contributed by atoms with Crippen LogP contribution in [0.25, 0.3) is 0 Å². The molecule has 6 heteroatoms. The van der Waals surface area contributed by atoms with Crippen molar-refractivity contribution in [2.75, 3.05) is 13.1 Å². The van der Waals surface area contributed by atoms with Crippen LogP contribution in [0.2, 0.25) is 0 Å². The van der Waals surface area contributed by atoms with E-state index in [1.54, 1.807) is 0 Å². The lowest BCUT2D eigenvalue weighted by Crippen LogP contribution is -2.60. The molecule has 3 rings (SSSR count). The Morgan fingerprint density at radius 1 is 1.18 bits per heavy atom. The third-order valence-electron chi connectivity index (χ3n) is 4.70. The van der Waals surface area contributed by atoms with Crippen molar-refractivity contribution in [3.8, 4) is 0 Å². The maximum Gasteiger partial charge on any atom is 0.324 e. The standard InChI is InChI=1S/C16H18F2N2O2/c17-12-4-3-11(13(18)9-12)5-8-20-14(21)16(6-1-2-7-16)10-19-15(20)22/h3-4,9H,1-2,5-8,10H2,(H,19,22). The summed E-state index contributed by atoms with van der Waals surface area (Å²) < 4.78 is 26.5. The van der Waals surface area contributed by atoms with Crippen LogP contribution in [0.3, 0.4) is 0 Å². The quantitative estimate of drug-likeness (QED) is 0.933. The molecule has 118 valence electrons. The van der Waals surface area contributed by atoms with Gasteiger partial charge in [-0.3, -0.25) is 9.69 Å². The highest BCUT2D eigenvalue weighted by molar-refractivity contribution is 6.00. The molecule has 1 aromatic rings. The molecule has 1 saturated carbocycles. The minimum Gasteiger partial charge on any atom is -0.337 e. The van der Waals surface area contributed by atoms with E-state index in [9.17, 15) is 18.4 Å². The lowest BCUT2D eigenvalue weighted by atomic mass is 9.83. The average Bonchev–Trinajstić information content (AvgIpc) is 2.95. The molecule has 0 aromatic heterocycles. The number of carbonyl (C=O) groups excluding carboxylic acids is 2. The normalized spacial score (nSPS) is 20.5. The first-order chi connectivity index (χ1) is 10.5. The zero-order valence-electron chi connectivity index (χ0n) is 12.2. The van der Waals surface area contributed by atoms with E-state index in [1.807, 2.05) is 0 Å². The number of carbonyl (C=O) groups is 2. The highest BCUT2D eigenvalue weighted by Gasteiger charge is 2.48. The summed E-state index contributed by atoms with van der Waals surface area (Å²) in [6, 6.07) is 2.91. The molecule has 1 spiro atoms. The fraction of sp³-hybridized carbons (Fsp3) is 0.500. The molecule has 3 amide bonds. The van der Waals surface area contributed by atoms with Crippen molar-refractivity contribution < 1.29 is 18.4 Å². The van der Waals surface area contributed by atoms with Crippen LogP contribution in [-0.4, -0.2) is 29.9 Å². The van der Waals surface area contributed by atoms with Crippen molar-refractivity contribution in [3.63, 3.8) is 0 Å². The van der Waals surface area contributed by atoms with Gasteiger partial charge in [0.1, 0.15) is 11.6 Å². The van der Waals surface area contributed by atoms with Crippen LogP contribution in [0.4, 0.5) is 13.6 Å². The van der Waals surface area contributed by atoms with Gasteiger partial charge in [0.05, 0.1) is 5.41 Å². The number of amides is 3. The lowest BCUT2D eigenvalue weighted by molar-refractivity contribution is -0.140. The number of hydrogen-bond donors (Lipinski definition) is 1. The van der Waals surface area contributed by atoms with Crippen molar-refractivity contribution in [2.24, 2.45) is 5.41 Å². The maximum absolute atomic E-state index is 13.6. The smallest absolute Gasteiger partial charge is 0.324 e. The van der Waals surface area contributed by atoms with Crippen LogP contribution in [0.1, 0.15) is 31.2 Å². The number of benzene rings is 1. The molecule has 1 N–H and O–H groups in total. The first-order valence-corrected chi connectivity index (χ1v) is 7.56. The third-order valence-corrected chi connectivity index (χ3v) is 4.70. The fourth-order valence-electron chi connectivity index (χ4n) is 3.40. The Balaban J connectivity index is 1.72. The largest absolute Gasteiger partial charge is 0.337 e. The minimum absolute atomic E-state index is 0.106. The van der Waals surface area contributed by atoms with Gasteiger partial charge in [0.25, 0.3) is 0 Å². The molecule has 0 atom stereocenters. The van der Waals surface area contributed by atoms with E-state index in [0.29, 0.717) is 12.1 Å². The Labute approximate surface area is 127 Å². The molecule has 0 radical (unpaired) electrons. The Kier molecular flexibility index (Phi) is 3.85. The number of hydrogen-bond acceptors (Lipinski definition) is 2. The van der Waals surface area contributed by atoms with Crippen molar-refractivity contribution in [2.45, 2.75) is 32.1 Å². The highest BCUT2D eigenvalue weighted by Crippen LogP contribution is 2.40. The minimum atomic E-state index is -0.652. The SMILES string of the molecule is O=C1NCC2(CCCC2)C(=O)N1CCc1ccc(F)cc1F. The van der Waals surface area contributed by atoms with Crippen LogP contribution < -0.4 is 5.32 Å². The molecular formula is C16H18F2N2O2. The number of halogens is 2. The predicted octanol–water partition coefficient (Wildman–Crippen LogP) is 2.62. The molecule has 1 aliphatic heterocycles. The summed E-state index contributed by atoms with van der Waals surface area (Å²) in [6.45, 7) is 0.501. The predicted molar refractivity (Wildman–Crippen MR) is 76.1 cm³/mol. The van der Waals surface area contributed by atoms with Crippen LogP contribution >= 0.6 is 0 Å². The maximum atomic E-state index is 13.6. The van der Waals surface area contributed by atoms with Gasteiger partial charge in [0.15, 0.2) is 0 Å². The van der Waals surface area contributed by atoms with Crippen LogP contribution in [0.15, 0.2) is 18.2 Å². The van der Waals surface area contributed by atoms with Crippen molar-refractivity contribution >= 4 is 11.9 Å². The second-order valence-electron chi connectivity index (χ2n) is 6.09. The van der Waals surface area contributed by atoms with E-state index in [1.165, 1.54) is 17.0 Å². The second kappa shape index (κ2) is 5.66. The van der Waals surface area contributed by atoms with Gasteiger partial charge in [-0.25, -0.2) is 13.6 Å². The topological polar surface area (TPSA) is 49.4 Å². The summed E-state index contributed by atoms with van der Waals surface area (Å²) in [4.78, 5) is 25.8. The van der Waals surface area contributed by atoms with Gasteiger partial charge in [0.2, 0.25) is 5.91 Å². The second-order valence-corrected chi connectivity index (χ2v) is 6.09. The lowest BCUT2D eigenvalue weighted by Gasteiger charge is -2.38. The Morgan fingerprint density at radius 2 is 1.91 bits per heavy atom. The number of rotatable bonds is 3. The molecule has 1 saturated heterocycles. The molecule has 0 bridgehead atoms. The molecule has 1 heterocycles. The van der Waals surface area contributed by atoms with E-state index in [0.717, 1.165) is 31.7 Å². The molecule has 22 heavy (non-hydrogen) atoms. The summed E-state index contributed by atoms with van der Waals surface area (Å²) in [6.07, 6.45) is 3.73. The molecule has 2 fully saturated rings. The van der Waals surface area contributed by atoms with E-state index < -0.39 is 23.1 Å². The number of nitrogens with zero attached hydrogens (tertiary/aromatic N) is 1. The van der Waals surface area contributed by atoms with Crippen molar-refractivity contribution in [1.82, 2.24) is 10.2 Å². The number of imide groups is 1. The van der Waals surface area contributed by atoms with Crippen LogP contribution in [0, 0.1) is 17.0 Å². The highest BCUT2D eigenvalue weighted by atomic mass is 19.1. The monoisotopic (exact) mass is 308 g/mol. The Morgan fingerprint density at radius 3 is 2.59 bits per heavy atom. The Bertz CT molecular complexity index is 612. The van der Waals surface area contributed by atoms with Crippen molar-refractivity contribution in [1.29, 1.82) is 0 Å².